The van der Waals surface area contributed by atoms with Gasteiger partial charge in [-0.25, -0.2) is 4.98 Å². The largest absolute Gasteiger partial charge is 0.336 e. The van der Waals surface area contributed by atoms with Gasteiger partial charge in [-0.2, -0.15) is 0 Å². The van der Waals surface area contributed by atoms with Crippen molar-refractivity contribution in [2.45, 2.75) is 18.9 Å². The lowest BCUT2D eigenvalue weighted by Gasteiger charge is -2.19. The van der Waals surface area contributed by atoms with Crippen molar-refractivity contribution < 1.29 is 4.79 Å². The number of carbonyl (C=O) groups excluding carboxylic acids is 1. The summed E-state index contributed by atoms with van der Waals surface area (Å²) >= 11 is 3.44. The van der Waals surface area contributed by atoms with E-state index < -0.39 is 0 Å². The summed E-state index contributed by atoms with van der Waals surface area (Å²) < 4.78 is 3.09. The van der Waals surface area contributed by atoms with Crippen molar-refractivity contribution in [3.05, 3.63) is 40.8 Å². The number of rotatable bonds is 3. The minimum atomic E-state index is 0.113. The van der Waals surface area contributed by atoms with Crippen LogP contribution in [0.4, 0.5) is 0 Å². The SMILES string of the molecule is Cn1cc(-c2ccc(Br)cc2)nc1C1CCCN1C=O. The van der Waals surface area contributed by atoms with Gasteiger partial charge in [-0.05, 0) is 25.0 Å². The highest BCUT2D eigenvalue weighted by atomic mass is 79.9. The van der Waals surface area contributed by atoms with E-state index in [1.807, 2.05) is 47.0 Å². The van der Waals surface area contributed by atoms with Gasteiger partial charge < -0.3 is 9.47 Å². The molecule has 1 aromatic heterocycles. The molecule has 20 heavy (non-hydrogen) atoms. The number of amides is 1. The Bertz CT molecular complexity index is 621. The molecule has 1 aromatic carbocycles. The predicted octanol–water partition coefficient (Wildman–Crippen LogP) is 3.14. The summed E-state index contributed by atoms with van der Waals surface area (Å²) in [7, 11) is 1.99. The van der Waals surface area contributed by atoms with Crippen molar-refractivity contribution >= 4 is 22.3 Å². The Morgan fingerprint density at radius 1 is 1.35 bits per heavy atom. The third kappa shape index (κ3) is 2.38. The second-order valence-corrected chi connectivity index (χ2v) is 6.02. The number of aryl methyl sites for hydroxylation is 1. The Kier molecular flexibility index (Phi) is 3.61. The van der Waals surface area contributed by atoms with Crippen LogP contribution in [0.15, 0.2) is 34.9 Å². The lowest BCUT2D eigenvalue weighted by atomic mass is 10.2. The van der Waals surface area contributed by atoms with E-state index in [-0.39, 0.29) is 6.04 Å². The first-order valence-corrected chi connectivity index (χ1v) is 7.48. The first kappa shape index (κ1) is 13.4. The zero-order valence-electron chi connectivity index (χ0n) is 11.3. The zero-order valence-corrected chi connectivity index (χ0v) is 12.9. The second-order valence-electron chi connectivity index (χ2n) is 5.10. The van der Waals surface area contributed by atoms with E-state index in [9.17, 15) is 4.79 Å². The van der Waals surface area contributed by atoms with Crippen LogP contribution < -0.4 is 0 Å². The van der Waals surface area contributed by atoms with Crippen LogP contribution in [-0.4, -0.2) is 27.4 Å². The Morgan fingerprint density at radius 2 is 2.10 bits per heavy atom. The first-order valence-electron chi connectivity index (χ1n) is 6.69. The summed E-state index contributed by atoms with van der Waals surface area (Å²) in [6.07, 6.45) is 5.00. The molecule has 4 nitrogen and oxygen atoms in total. The lowest BCUT2D eigenvalue weighted by molar-refractivity contribution is -0.119. The van der Waals surface area contributed by atoms with Gasteiger partial charge in [0.15, 0.2) is 0 Å². The molecule has 0 radical (unpaired) electrons. The smallest absolute Gasteiger partial charge is 0.210 e. The van der Waals surface area contributed by atoms with Crippen molar-refractivity contribution in [2.24, 2.45) is 7.05 Å². The summed E-state index contributed by atoms with van der Waals surface area (Å²) in [5.74, 6) is 0.965. The predicted molar refractivity (Wildman–Crippen MR) is 81.1 cm³/mol. The molecule has 2 heterocycles. The van der Waals surface area contributed by atoms with Gasteiger partial charge in [-0.3, -0.25) is 4.79 Å². The van der Waals surface area contributed by atoms with Crippen LogP contribution in [0.1, 0.15) is 24.7 Å². The topological polar surface area (TPSA) is 38.1 Å². The van der Waals surface area contributed by atoms with E-state index in [0.717, 1.165) is 47.4 Å². The molecule has 5 heteroatoms. The normalized spacial score (nSPS) is 18.5. The van der Waals surface area contributed by atoms with Gasteiger partial charge in [0.05, 0.1) is 11.7 Å². The molecule has 1 unspecified atom stereocenters. The van der Waals surface area contributed by atoms with Crippen LogP contribution in [0.5, 0.6) is 0 Å². The molecule has 1 atom stereocenters. The van der Waals surface area contributed by atoms with Crippen molar-refractivity contribution in [1.29, 1.82) is 0 Å². The third-order valence-electron chi connectivity index (χ3n) is 3.78. The molecular weight excluding hydrogens is 318 g/mol. The summed E-state index contributed by atoms with van der Waals surface area (Å²) in [6.45, 7) is 0.828. The van der Waals surface area contributed by atoms with Gasteiger partial charge in [0.25, 0.3) is 0 Å². The Labute approximate surface area is 126 Å². The molecule has 104 valence electrons. The third-order valence-corrected chi connectivity index (χ3v) is 4.31. The van der Waals surface area contributed by atoms with Gasteiger partial charge >= 0.3 is 0 Å². The molecule has 0 spiro atoms. The number of imidazole rings is 1. The molecular formula is C15H16BrN3O. The zero-order chi connectivity index (χ0) is 14.1. The maximum absolute atomic E-state index is 11.1. The average molecular weight is 334 g/mol. The Hall–Kier alpha value is -1.62. The standard InChI is InChI=1S/C15H16BrN3O/c1-18-9-13(11-4-6-12(16)7-5-11)17-15(18)14-3-2-8-19(14)10-20/h4-7,9-10,14H,2-3,8H2,1H3. The number of carbonyl (C=O) groups is 1. The van der Waals surface area contributed by atoms with Gasteiger partial charge in [0.1, 0.15) is 5.82 Å². The minimum Gasteiger partial charge on any atom is -0.336 e. The molecule has 1 aliphatic rings. The molecule has 0 saturated carbocycles. The Morgan fingerprint density at radius 3 is 2.80 bits per heavy atom. The quantitative estimate of drug-likeness (QED) is 0.809. The monoisotopic (exact) mass is 333 g/mol. The molecule has 0 bridgehead atoms. The average Bonchev–Trinajstić information content (AvgIpc) is 3.05. The van der Waals surface area contributed by atoms with Crippen molar-refractivity contribution in [3.63, 3.8) is 0 Å². The highest BCUT2D eigenvalue weighted by Gasteiger charge is 2.28. The molecule has 1 amide bonds. The fraction of sp³-hybridized carbons (Fsp3) is 0.333. The van der Waals surface area contributed by atoms with Crippen molar-refractivity contribution in [1.82, 2.24) is 14.5 Å². The summed E-state index contributed by atoms with van der Waals surface area (Å²) in [5.41, 5.74) is 2.04. The minimum absolute atomic E-state index is 0.113. The van der Waals surface area contributed by atoms with Crippen molar-refractivity contribution in [2.75, 3.05) is 6.54 Å². The van der Waals surface area contributed by atoms with Crippen LogP contribution in [0.25, 0.3) is 11.3 Å². The summed E-state index contributed by atoms with van der Waals surface area (Å²) in [6, 6.07) is 8.22. The van der Waals surface area contributed by atoms with Crippen LogP contribution in [0.3, 0.4) is 0 Å². The Balaban J connectivity index is 1.94. The molecule has 1 aliphatic heterocycles. The number of aromatic nitrogens is 2. The number of hydrogen-bond donors (Lipinski definition) is 0. The van der Waals surface area contributed by atoms with E-state index in [1.54, 1.807) is 0 Å². The van der Waals surface area contributed by atoms with E-state index in [4.69, 9.17) is 4.98 Å². The van der Waals surface area contributed by atoms with Crippen LogP contribution in [0, 0.1) is 0 Å². The summed E-state index contributed by atoms with van der Waals surface area (Å²) in [4.78, 5) is 17.7. The molecule has 0 aliphatic carbocycles. The van der Waals surface area contributed by atoms with E-state index >= 15 is 0 Å². The maximum Gasteiger partial charge on any atom is 0.210 e. The summed E-state index contributed by atoms with van der Waals surface area (Å²) in [5, 5.41) is 0. The lowest BCUT2D eigenvalue weighted by Crippen LogP contribution is -2.23. The number of nitrogens with zero attached hydrogens (tertiary/aromatic N) is 3. The second kappa shape index (κ2) is 5.40. The van der Waals surface area contributed by atoms with Crippen LogP contribution in [0.2, 0.25) is 0 Å². The number of likely N-dealkylation sites (tertiary alicyclic amines) is 1. The molecule has 0 N–H and O–H groups in total. The number of halogens is 1. The molecule has 1 saturated heterocycles. The van der Waals surface area contributed by atoms with Crippen LogP contribution in [-0.2, 0) is 11.8 Å². The highest BCUT2D eigenvalue weighted by molar-refractivity contribution is 9.10. The molecule has 2 aromatic rings. The maximum atomic E-state index is 11.1. The van der Waals surface area contributed by atoms with Gasteiger partial charge in [-0.15, -0.1) is 0 Å². The fourth-order valence-electron chi connectivity index (χ4n) is 2.74. The fourth-order valence-corrected chi connectivity index (χ4v) is 3.01. The van der Waals surface area contributed by atoms with E-state index in [0.29, 0.717) is 0 Å². The van der Waals surface area contributed by atoms with Gasteiger partial charge in [0.2, 0.25) is 6.41 Å². The number of hydrogen-bond acceptors (Lipinski definition) is 2. The van der Waals surface area contributed by atoms with E-state index in [2.05, 4.69) is 15.9 Å². The number of benzene rings is 1. The van der Waals surface area contributed by atoms with Gasteiger partial charge in [-0.1, -0.05) is 28.1 Å². The first-order chi connectivity index (χ1) is 9.69. The highest BCUT2D eigenvalue weighted by Crippen LogP contribution is 2.31. The molecule has 1 fully saturated rings. The van der Waals surface area contributed by atoms with Crippen LogP contribution >= 0.6 is 15.9 Å². The van der Waals surface area contributed by atoms with Gasteiger partial charge in [0, 0.05) is 29.8 Å². The van der Waals surface area contributed by atoms with Crippen molar-refractivity contribution in [3.8, 4) is 11.3 Å². The van der Waals surface area contributed by atoms with E-state index in [1.165, 1.54) is 0 Å². The molecule has 3 rings (SSSR count).